The summed E-state index contributed by atoms with van der Waals surface area (Å²) in [6.45, 7) is 2.78. The van der Waals surface area contributed by atoms with E-state index in [2.05, 4.69) is 47.3 Å². The summed E-state index contributed by atoms with van der Waals surface area (Å²) in [5.41, 5.74) is 3.51. The Bertz CT molecular complexity index is 635. The van der Waals surface area contributed by atoms with E-state index in [9.17, 15) is 4.79 Å². The van der Waals surface area contributed by atoms with Gasteiger partial charge in [0.2, 0.25) is 0 Å². The number of rotatable bonds is 6. The minimum absolute atomic E-state index is 0.0424. The molecule has 0 bridgehead atoms. The van der Waals surface area contributed by atoms with Gasteiger partial charge in [-0.05, 0) is 18.1 Å². The molecule has 0 amide bonds. The van der Waals surface area contributed by atoms with Gasteiger partial charge in [0.1, 0.15) is 0 Å². The van der Waals surface area contributed by atoms with Crippen molar-refractivity contribution < 1.29 is 9.53 Å². The average Bonchev–Trinajstić information content (AvgIpc) is 2.55. The normalized spacial score (nSPS) is 12.3. The van der Waals surface area contributed by atoms with Crippen molar-refractivity contribution in [2.24, 2.45) is 0 Å². The molecule has 2 aromatic carbocycles. The van der Waals surface area contributed by atoms with Crippen molar-refractivity contribution in [2.45, 2.75) is 19.5 Å². The number of methoxy groups -OCH3 is 1. The fraction of sp³-hybridized carbons (Fsp3) is 0.211. The Morgan fingerprint density at radius 2 is 1.95 bits per heavy atom. The molecule has 3 nitrogen and oxygen atoms in total. The molecule has 22 heavy (non-hydrogen) atoms. The predicted octanol–water partition coefficient (Wildman–Crippen LogP) is 3.56. The second-order valence-corrected chi connectivity index (χ2v) is 5.14. The van der Waals surface area contributed by atoms with Crippen LogP contribution in [0.15, 0.2) is 66.7 Å². The third-order valence-electron chi connectivity index (χ3n) is 3.40. The lowest BCUT2D eigenvalue weighted by molar-refractivity contribution is -0.134. The largest absolute Gasteiger partial charge is 0.466 e. The molecule has 0 aromatic heterocycles. The van der Waals surface area contributed by atoms with Crippen molar-refractivity contribution in [3.63, 3.8) is 0 Å². The zero-order valence-corrected chi connectivity index (χ0v) is 13.0. The molecule has 0 spiro atoms. The third-order valence-corrected chi connectivity index (χ3v) is 3.40. The lowest BCUT2D eigenvalue weighted by Gasteiger charge is -2.16. The Kier molecular flexibility index (Phi) is 5.92. The number of ether oxygens (including phenoxy) is 1. The summed E-state index contributed by atoms with van der Waals surface area (Å²) < 4.78 is 4.67. The molecule has 114 valence electrons. The van der Waals surface area contributed by atoms with Crippen LogP contribution in [0.5, 0.6) is 0 Å². The van der Waals surface area contributed by atoms with Crippen LogP contribution in [0.1, 0.15) is 22.7 Å². The van der Waals surface area contributed by atoms with Crippen LogP contribution < -0.4 is 5.32 Å². The molecule has 0 saturated carbocycles. The number of carbonyl (C=O) groups is 1. The number of carbonyl (C=O) groups excluding carboxylic acids is 1. The van der Waals surface area contributed by atoms with E-state index < -0.39 is 0 Å². The van der Waals surface area contributed by atoms with Gasteiger partial charge in [0, 0.05) is 12.6 Å². The number of hydrogen-bond donors (Lipinski definition) is 1. The van der Waals surface area contributed by atoms with Gasteiger partial charge >= 0.3 is 5.97 Å². The quantitative estimate of drug-likeness (QED) is 0.654. The van der Waals surface area contributed by atoms with E-state index in [1.807, 2.05) is 30.3 Å². The Labute approximate surface area is 131 Å². The van der Waals surface area contributed by atoms with Crippen LogP contribution in [-0.2, 0) is 16.1 Å². The molecule has 2 aromatic rings. The minimum atomic E-state index is -0.348. The van der Waals surface area contributed by atoms with E-state index in [0.29, 0.717) is 0 Å². The topological polar surface area (TPSA) is 38.3 Å². The lowest BCUT2D eigenvalue weighted by Crippen LogP contribution is -2.19. The van der Waals surface area contributed by atoms with Crippen LogP contribution >= 0.6 is 0 Å². The summed E-state index contributed by atoms with van der Waals surface area (Å²) in [7, 11) is 1.38. The molecule has 0 aliphatic heterocycles. The van der Waals surface area contributed by atoms with Gasteiger partial charge in [-0.1, -0.05) is 66.2 Å². The van der Waals surface area contributed by atoms with Gasteiger partial charge in [-0.3, -0.25) is 0 Å². The maximum absolute atomic E-state index is 11.4. The number of hydrogen-bond acceptors (Lipinski definition) is 3. The van der Waals surface area contributed by atoms with Gasteiger partial charge in [0.15, 0.2) is 0 Å². The van der Waals surface area contributed by atoms with Gasteiger partial charge in [0.25, 0.3) is 0 Å². The zero-order chi connectivity index (χ0) is 15.8. The van der Waals surface area contributed by atoms with E-state index in [-0.39, 0.29) is 12.0 Å². The van der Waals surface area contributed by atoms with Crippen molar-refractivity contribution in [1.29, 1.82) is 0 Å². The van der Waals surface area contributed by atoms with Crippen LogP contribution in [0.3, 0.4) is 0 Å². The summed E-state index contributed by atoms with van der Waals surface area (Å²) in [5, 5.41) is 3.46. The molecule has 2 rings (SSSR count). The first-order valence-corrected chi connectivity index (χ1v) is 7.29. The van der Waals surface area contributed by atoms with Crippen molar-refractivity contribution in [3.8, 4) is 0 Å². The summed E-state index contributed by atoms with van der Waals surface area (Å²) in [4.78, 5) is 11.4. The maximum Gasteiger partial charge on any atom is 0.330 e. The number of esters is 1. The van der Waals surface area contributed by atoms with E-state index in [1.165, 1.54) is 24.3 Å². The van der Waals surface area contributed by atoms with Gasteiger partial charge in [-0.25, -0.2) is 4.79 Å². The molecule has 0 saturated heterocycles. The monoisotopic (exact) mass is 295 g/mol. The smallest absolute Gasteiger partial charge is 0.330 e. The Morgan fingerprint density at radius 3 is 2.64 bits per heavy atom. The highest BCUT2D eigenvalue weighted by molar-refractivity contribution is 5.81. The summed E-state index contributed by atoms with van der Waals surface area (Å²) in [6, 6.07) is 18.4. The SMILES string of the molecule is COC(=O)/C=C/[C@@H](NCc1ccccc1)c1cccc(C)c1. The second-order valence-electron chi connectivity index (χ2n) is 5.14. The van der Waals surface area contributed by atoms with Crippen LogP contribution in [0.25, 0.3) is 0 Å². The summed E-state index contributed by atoms with van der Waals surface area (Å²) in [5.74, 6) is -0.348. The van der Waals surface area contributed by atoms with Crippen molar-refractivity contribution in [1.82, 2.24) is 5.32 Å². The highest BCUT2D eigenvalue weighted by atomic mass is 16.5. The number of aryl methyl sites for hydroxylation is 1. The lowest BCUT2D eigenvalue weighted by atomic mass is 10.0. The summed E-state index contributed by atoms with van der Waals surface area (Å²) in [6.07, 6.45) is 3.30. The summed E-state index contributed by atoms with van der Waals surface area (Å²) >= 11 is 0. The molecule has 0 aliphatic carbocycles. The minimum Gasteiger partial charge on any atom is -0.466 e. The van der Waals surface area contributed by atoms with Crippen LogP contribution in [0, 0.1) is 6.92 Å². The first kappa shape index (κ1) is 16.0. The van der Waals surface area contributed by atoms with Crippen molar-refractivity contribution in [3.05, 3.63) is 83.4 Å². The molecule has 3 heteroatoms. The van der Waals surface area contributed by atoms with Gasteiger partial charge in [-0.2, -0.15) is 0 Å². The van der Waals surface area contributed by atoms with Crippen LogP contribution in [-0.4, -0.2) is 13.1 Å². The van der Waals surface area contributed by atoms with E-state index in [4.69, 9.17) is 0 Å². The molecule has 1 atom stereocenters. The van der Waals surface area contributed by atoms with Crippen LogP contribution in [0.4, 0.5) is 0 Å². The Morgan fingerprint density at radius 1 is 1.18 bits per heavy atom. The first-order valence-electron chi connectivity index (χ1n) is 7.29. The van der Waals surface area contributed by atoms with Gasteiger partial charge in [0.05, 0.1) is 13.2 Å². The molecule has 0 aliphatic rings. The molecule has 0 unspecified atom stereocenters. The maximum atomic E-state index is 11.4. The zero-order valence-electron chi connectivity index (χ0n) is 13.0. The van der Waals surface area contributed by atoms with E-state index >= 15 is 0 Å². The second kappa shape index (κ2) is 8.15. The molecular weight excluding hydrogens is 274 g/mol. The first-order chi connectivity index (χ1) is 10.7. The van der Waals surface area contributed by atoms with Gasteiger partial charge < -0.3 is 10.1 Å². The van der Waals surface area contributed by atoms with Crippen molar-refractivity contribution >= 4 is 5.97 Å². The Balaban J connectivity index is 2.14. The standard InChI is InChI=1S/C19H21NO2/c1-15-7-6-10-17(13-15)18(11-12-19(21)22-2)20-14-16-8-4-3-5-9-16/h3-13,18,20H,14H2,1-2H3/b12-11+/t18-/m1/s1. The fourth-order valence-electron chi connectivity index (χ4n) is 2.23. The van der Waals surface area contributed by atoms with Crippen LogP contribution in [0.2, 0.25) is 0 Å². The van der Waals surface area contributed by atoms with Crippen molar-refractivity contribution in [2.75, 3.05) is 7.11 Å². The average molecular weight is 295 g/mol. The molecule has 0 heterocycles. The molecule has 0 fully saturated rings. The number of nitrogens with one attached hydrogen (secondary N) is 1. The predicted molar refractivity (Wildman–Crippen MR) is 88.4 cm³/mol. The fourth-order valence-corrected chi connectivity index (χ4v) is 2.23. The van der Waals surface area contributed by atoms with Gasteiger partial charge in [-0.15, -0.1) is 0 Å². The van der Waals surface area contributed by atoms with E-state index in [1.54, 1.807) is 0 Å². The molecular formula is C19H21NO2. The third kappa shape index (κ3) is 4.86. The highest BCUT2D eigenvalue weighted by Gasteiger charge is 2.08. The Hall–Kier alpha value is -2.39. The van der Waals surface area contributed by atoms with E-state index in [0.717, 1.165) is 12.1 Å². The highest BCUT2D eigenvalue weighted by Crippen LogP contribution is 2.17. The number of benzene rings is 2. The molecule has 0 radical (unpaired) electrons. The molecule has 1 N–H and O–H groups in total.